The fourth-order valence-electron chi connectivity index (χ4n) is 3.58. The lowest BCUT2D eigenvalue weighted by Gasteiger charge is -2.28. The molecule has 3 heterocycles. The van der Waals surface area contributed by atoms with Crippen LogP contribution in [0.5, 0.6) is 5.75 Å². The van der Waals surface area contributed by atoms with Gasteiger partial charge in [-0.2, -0.15) is 0 Å². The van der Waals surface area contributed by atoms with Gasteiger partial charge >= 0.3 is 0 Å². The zero-order valence-electron chi connectivity index (χ0n) is 15.4. The van der Waals surface area contributed by atoms with Crippen LogP contribution in [0.15, 0.2) is 67.0 Å². The van der Waals surface area contributed by atoms with Crippen molar-refractivity contribution >= 4 is 23.0 Å². The van der Waals surface area contributed by atoms with Gasteiger partial charge in [-0.05, 0) is 67.7 Å². The standard InChI is InChI=1S/C21H22N4OS/c1-3-26-16-11-9-15(10-12-16)25-20(18-8-6-14-24(18)2)19(23-21(25)27)17-7-4-5-13-22-17/h4-14,19-20H,3H2,1-2H3,(H,23,27)/t19-,20-/m1/s1. The summed E-state index contributed by atoms with van der Waals surface area (Å²) in [7, 11) is 2.06. The van der Waals surface area contributed by atoms with Crippen molar-refractivity contribution in [3.63, 3.8) is 0 Å². The molecular formula is C21H22N4OS. The molecule has 6 heteroatoms. The third kappa shape index (κ3) is 3.28. The Kier molecular flexibility index (Phi) is 4.81. The Balaban J connectivity index is 1.77. The lowest BCUT2D eigenvalue weighted by molar-refractivity contribution is 0.340. The van der Waals surface area contributed by atoms with Crippen molar-refractivity contribution in [1.29, 1.82) is 0 Å². The molecule has 138 valence electrons. The zero-order chi connectivity index (χ0) is 18.8. The van der Waals surface area contributed by atoms with E-state index in [1.54, 1.807) is 0 Å². The van der Waals surface area contributed by atoms with Gasteiger partial charge in [0.2, 0.25) is 0 Å². The van der Waals surface area contributed by atoms with Gasteiger partial charge in [0.25, 0.3) is 0 Å². The van der Waals surface area contributed by atoms with Gasteiger partial charge in [-0.25, -0.2) is 0 Å². The van der Waals surface area contributed by atoms with Crippen LogP contribution in [-0.2, 0) is 7.05 Å². The van der Waals surface area contributed by atoms with Crippen molar-refractivity contribution in [2.24, 2.45) is 7.05 Å². The Bertz CT molecular complexity index is 923. The average Bonchev–Trinajstić information content (AvgIpc) is 3.26. The van der Waals surface area contributed by atoms with Gasteiger partial charge in [0.05, 0.1) is 18.3 Å². The van der Waals surface area contributed by atoms with Crippen LogP contribution >= 0.6 is 12.2 Å². The Labute approximate surface area is 164 Å². The number of aryl methyl sites for hydroxylation is 1. The molecule has 5 nitrogen and oxygen atoms in total. The number of hydrogen-bond donors (Lipinski definition) is 1. The summed E-state index contributed by atoms with van der Waals surface area (Å²) in [6.45, 7) is 2.63. The smallest absolute Gasteiger partial charge is 0.174 e. The third-order valence-corrected chi connectivity index (χ3v) is 5.13. The van der Waals surface area contributed by atoms with E-state index in [0.717, 1.165) is 17.1 Å². The summed E-state index contributed by atoms with van der Waals surface area (Å²) in [5.41, 5.74) is 3.17. The highest BCUT2D eigenvalue weighted by Gasteiger charge is 2.41. The van der Waals surface area contributed by atoms with E-state index in [1.807, 2.05) is 43.5 Å². The predicted molar refractivity (Wildman–Crippen MR) is 111 cm³/mol. The van der Waals surface area contributed by atoms with Crippen molar-refractivity contribution in [3.05, 3.63) is 78.4 Å². The van der Waals surface area contributed by atoms with Crippen LogP contribution in [0.4, 0.5) is 5.69 Å². The van der Waals surface area contributed by atoms with Crippen molar-refractivity contribution in [2.45, 2.75) is 19.0 Å². The number of thiocarbonyl (C=S) groups is 1. The van der Waals surface area contributed by atoms with Crippen LogP contribution in [0.25, 0.3) is 0 Å². The van der Waals surface area contributed by atoms with Gasteiger partial charge in [-0.15, -0.1) is 0 Å². The van der Waals surface area contributed by atoms with Gasteiger partial charge in [0.1, 0.15) is 11.8 Å². The lowest BCUT2D eigenvalue weighted by atomic mass is 10.0. The highest BCUT2D eigenvalue weighted by molar-refractivity contribution is 7.80. The van der Waals surface area contributed by atoms with Gasteiger partial charge in [0, 0.05) is 30.8 Å². The van der Waals surface area contributed by atoms with E-state index >= 15 is 0 Å². The summed E-state index contributed by atoms with van der Waals surface area (Å²) < 4.78 is 7.71. The lowest BCUT2D eigenvalue weighted by Crippen LogP contribution is -2.30. The number of nitrogens with one attached hydrogen (secondary N) is 1. The maximum Gasteiger partial charge on any atom is 0.174 e. The third-order valence-electron chi connectivity index (χ3n) is 4.81. The fourth-order valence-corrected chi connectivity index (χ4v) is 3.93. The molecule has 1 saturated heterocycles. The number of pyridine rings is 1. The topological polar surface area (TPSA) is 42.3 Å². The molecule has 3 aromatic rings. The van der Waals surface area contributed by atoms with Crippen LogP contribution < -0.4 is 15.0 Å². The summed E-state index contributed by atoms with van der Waals surface area (Å²) in [6, 6.07) is 18.2. The van der Waals surface area contributed by atoms with Gasteiger partial charge in [0.15, 0.2) is 5.11 Å². The molecule has 0 saturated carbocycles. The number of benzene rings is 1. The first kappa shape index (κ1) is 17.5. The monoisotopic (exact) mass is 378 g/mol. The largest absolute Gasteiger partial charge is 0.494 e. The first-order valence-corrected chi connectivity index (χ1v) is 9.44. The number of ether oxygens (including phenoxy) is 1. The van der Waals surface area contributed by atoms with Crippen LogP contribution in [0.1, 0.15) is 30.4 Å². The Morgan fingerprint density at radius 2 is 1.93 bits per heavy atom. The molecule has 27 heavy (non-hydrogen) atoms. The van der Waals surface area contributed by atoms with Crippen molar-refractivity contribution < 1.29 is 4.74 Å². The minimum Gasteiger partial charge on any atom is -0.494 e. The molecule has 1 aromatic carbocycles. The molecule has 0 bridgehead atoms. The van der Waals surface area contributed by atoms with Crippen molar-refractivity contribution in [3.8, 4) is 5.75 Å². The molecule has 0 unspecified atom stereocenters. The molecule has 4 rings (SSSR count). The second-order valence-electron chi connectivity index (χ2n) is 6.47. The summed E-state index contributed by atoms with van der Waals surface area (Å²) in [5.74, 6) is 0.857. The molecule has 1 aliphatic heterocycles. The molecule has 0 aliphatic carbocycles. The SMILES string of the molecule is CCOc1ccc(N2C(=S)N[C@H](c3ccccn3)[C@H]2c2cccn2C)cc1. The number of nitrogens with zero attached hydrogens (tertiary/aromatic N) is 3. The first-order chi connectivity index (χ1) is 13.2. The van der Waals surface area contributed by atoms with Gasteiger partial charge in [-0.1, -0.05) is 6.07 Å². The Hall–Kier alpha value is -2.86. The highest BCUT2D eigenvalue weighted by atomic mass is 32.1. The molecule has 1 aliphatic rings. The number of aromatic nitrogens is 2. The van der Waals surface area contributed by atoms with E-state index in [2.05, 4.69) is 57.3 Å². The van der Waals surface area contributed by atoms with Crippen molar-refractivity contribution in [2.75, 3.05) is 11.5 Å². The zero-order valence-corrected chi connectivity index (χ0v) is 16.2. The summed E-state index contributed by atoms with van der Waals surface area (Å²) in [5, 5.41) is 4.17. The number of anilines is 1. The molecule has 0 radical (unpaired) electrons. The van der Waals surface area contributed by atoms with E-state index in [9.17, 15) is 0 Å². The van der Waals surface area contributed by atoms with Gasteiger partial charge < -0.3 is 19.5 Å². The molecule has 0 spiro atoms. The molecule has 1 fully saturated rings. The number of rotatable bonds is 5. The first-order valence-electron chi connectivity index (χ1n) is 9.04. The normalized spacial score (nSPS) is 19.2. The minimum atomic E-state index is -0.0288. The maximum absolute atomic E-state index is 5.72. The van der Waals surface area contributed by atoms with Crippen LogP contribution in [0.2, 0.25) is 0 Å². The molecule has 1 N–H and O–H groups in total. The van der Waals surface area contributed by atoms with Crippen molar-refractivity contribution in [1.82, 2.24) is 14.9 Å². The number of hydrogen-bond acceptors (Lipinski definition) is 3. The molecule has 0 amide bonds. The van der Waals surface area contributed by atoms with Crippen LogP contribution in [0, 0.1) is 0 Å². The predicted octanol–water partition coefficient (Wildman–Crippen LogP) is 4.00. The fraction of sp³-hybridized carbons (Fsp3) is 0.238. The summed E-state index contributed by atoms with van der Waals surface area (Å²) >= 11 is 5.72. The van der Waals surface area contributed by atoms with E-state index < -0.39 is 0 Å². The van der Waals surface area contributed by atoms with E-state index in [1.165, 1.54) is 5.69 Å². The van der Waals surface area contributed by atoms with E-state index in [4.69, 9.17) is 17.0 Å². The van der Waals surface area contributed by atoms with Crippen LogP contribution in [-0.4, -0.2) is 21.3 Å². The minimum absolute atomic E-state index is 0.00495. The quantitative estimate of drug-likeness (QED) is 0.680. The molecule has 2 atom stereocenters. The highest BCUT2D eigenvalue weighted by Crippen LogP contribution is 2.41. The average molecular weight is 379 g/mol. The molecule has 2 aromatic heterocycles. The Morgan fingerprint density at radius 3 is 2.56 bits per heavy atom. The van der Waals surface area contributed by atoms with E-state index in [0.29, 0.717) is 11.7 Å². The molecular weight excluding hydrogens is 356 g/mol. The van der Waals surface area contributed by atoms with Crippen LogP contribution in [0.3, 0.4) is 0 Å². The van der Waals surface area contributed by atoms with Gasteiger partial charge in [-0.3, -0.25) is 4.98 Å². The second-order valence-corrected chi connectivity index (χ2v) is 6.85. The summed E-state index contributed by atoms with van der Waals surface area (Å²) in [4.78, 5) is 6.74. The maximum atomic E-state index is 5.72. The second kappa shape index (κ2) is 7.40. The van der Waals surface area contributed by atoms with E-state index in [-0.39, 0.29) is 12.1 Å². The summed E-state index contributed by atoms with van der Waals surface area (Å²) in [6.07, 6.45) is 3.88. The Morgan fingerprint density at radius 1 is 1.11 bits per heavy atom.